The third-order valence-electron chi connectivity index (χ3n) is 4.98. The van der Waals surface area contributed by atoms with E-state index in [1.807, 2.05) is 41.4 Å². The van der Waals surface area contributed by atoms with E-state index in [4.69, 9.17) is 11.6 Å². The minimum absolute atomic E-state index is 0.0700. The number of benzene rings is 1. The lowest BCUT2D eigenvalue weighted by atomic mass is 10.0. The number of piperazine rings is 1. The number of pyridine rings is 1. The van der Waals surface area contributed by atoms with Gasteiger partial charge in [-0.2, -0.15) is 0 Å². The van der Waals surface area contributed by atoms with Crippen LogP contribution in [-0.2, 0) is 4.79 Å². The van der Waals surface area contributed by atoms with Crippen LogP contribution in [0.2, 0.25) is 5.02 Å². The predicted octanol–water partition coefficient (Wildman–Crippen LogP) is 3.01. The van der Waals surface area contributed by atoms with Crippen LogP contribution < -0.4 is 5.32 Å². The van der Waals surface area contributed by atoms with Crippen molar-refractivity contribution in [2.75, 3.05) is 19.6 Å². The molecule has 24 heavy (non-hydrogen) atoms. The van der Waals surface area contributed by atoms with Crippen molar-refractivity contribution in [3.05, 3.63) is 64.9 Å². The van der Waals surface area contributed by atoms with Gasteiger partial charge in [0.15, 0.2) is 0 Å². The first-order valence-corrected chi connectivity index (χ1v) is 8.78. The molecule has 2 fully saturated rings. The average molecular weight is 342 g/mol. The van der Waals surface area contributed by atoms with Gasteiger partial charge in [0, 0.05) is 43.0 Å². The number of carbonyl (C=O) groups excluding carboxylic acids is 1. The van der Waals surface area contributed by atoms with Crippen molar-refractivity contribution < 1.29 is 4.79 Å². The van der Waals surface area contributed by atoms with Crippen LogP contribution in [0.1, 0.15) is 29.5 Å². The Balaban J connectivity index is 1.51. The van der Waals surface area contributed by atoms with Crippen molar-refractivity contribution in [1.29, 1.82) is 0 Å². The van der Waals surface area contributed by atoms with E-state index in [1.54, 1.807) is 6.20 Å². The number of carbonyl (C=O) groups is 1. The van der Waals surface area contributed by atoms with Crippen LogP contribution in [-0.4, -0.2) is 35.4 Å². The van der Waals surface area contributed by atoms with E-state index in [9.17, 15) is 4.79 Å². The molecule has 1 N–H and O–H groups in total. The summed E-state index contributed by atoms with van der Waals surface area (Å²) in [6.45, 7) is 2.38. The number of amides is 1. The SMILES string of the molecule is O=C(C1CC1c1cccc(Cl)c1)N1CCNCC1c1cccnc1. The van der Waals surface area contributed by atoms with E-state index < -0.39 is 0 Å². The molecule has 1 amide bonds. The fraction of sp³-hybridized carbons (Fsp3) is 0.368. The molecule has 5 heteroatoms. The number of halogens is 1. The predicted molar refractivity (Wildman–Crippen MR) is 93.9 cm³/mol. The fourth-order valence-corrected chi connectivity index (χ4v) is 3.82. The minimum Gasteiger partial charge on any atom is -0.333 e. The molecule has 3 atom stereocenters. The molecule has 1 aromatic carbocycles. The molecule has 0 radical (unpaired) electrons. The highest BCUT2D eigenvalue weighted by Crippen LogP contribution is 2.49. The molecular weight excluding hydrogens is 322 g/mol. The number of hydrogen-bond donors (Lipinski definition) is 1. The largest absolute Gasteiger partial charge is 0.333 e. The normalized spacial score (nSPS) is 26.2. The van der Waals surface area contributed by atoms with E-state index in [2.05, 4.69) is 16.4 Å². The molecule has 4 nitrogen and oxygen atoms in total. The zero-order valence-corrected chi connectivity index (χ0v) is 14.1. The van der Waals surface area contributed by atoms with E-state index in [1.165, 1.54) is 5.56 Å². The Kier molecular flexibility index (Phi) is 4.25. The summed E-state index contributed by atoms with van der Waals surface area (Å²) < 4.78 is 0. The molecule has 1 saturated heterocycles. The van der Waals surface area contributed by atoms with Crippen molar-refractivity contribution in [3.8, 4) is 0 Å². The van der Waals surface area contributed by atoms with Gasteiger partial charge in [0.1, 0.15) is 0 Å². The number of rotatable bonds is 3. The highest BCUT2D eigenvalue weighted by Gasteiger charge is 2.47. The zero-order valence-electron chi connectivity index (χ0n) is 13.4. The molecule has 1 aliphatic heterocycles. The van der Waals surface area contributed by atoms with Gasteiger partial charge in [0.05, 0.1) is 6.04 Å². The summed E-state index contributed by atoms with van der Waals surface area (Å²) in [4.78, 5) is 19.3. The first kappa shape index (κ1) is 15.6. The van der Waals surface area contributed by atoms with Gasteiger partial charge in [-0.15, -0.1) is 0 Å². The van der Waals surface area contributed by atoms with Crippen molar-refractivity contribution in [3.63, 3.8) is 0 Å². The second kappa shape index (κ2) is 6.54. The number of aromatic nitrogens is 1. The Bertz CT molecular complexity index is 736. The molecule has 124 valence electrons. The van der Waals surface area contributed by atoms with Gasteiger partial charge < -0.3 is 10.2 Å². The lowest BCUT2D eigenvalue weighted by Gasteiger charge is -2.36. The standard InChI is InChI=1S/C19H20ClN3O/c20-15-5-1-3-13(9-15)16-10-17(16)19(24)23-8-7-22-12-18(23)14-4-2-6-21-11-14/h1-6,9,11,16-18,22H,7-8,10,12H2. The summed E-state index contributed by atoms with van der Waals surface area (Å²) in [6, 6.07) is 11.9. The van der Waals surface area contributed by atoms with Crippen LogP contribution >= 0.6 is 11.6 Å². The van der Waals surface area contributed by atoms with Gasteiger partial charge in [-0.3, -0.25) is 9.78 Å². The van der Waals surface area contributed by atoms with Crippen molar-refractivity contribution >= 4 is 17.5 Å². The molecule has 2 aliphatic rings. The van der Waals surface area contributed by atoms with Crippen LogP contribution in [0.5, 0.6) is 0 Å². The monoisotopic (exact) mass is 341 g/mol. The van der Waals surface area contributed by atoms with E-state index in [-0.39, 0.29) is 17.9 Å². The summed E-state index contributed by atoms with van der Waals surface area (Å²) in [5, 5.41) is 4.13. The molecule has 1 saturated carbocycles. The van der Waals surface area contributed by atoms with Gasteiger partial charge in [-0.1, -0.05) is 29.8 Å². The first-order valence-electron chi connectivity index (χ1n) is 8.40. The molecule has 1 aliphatic carbocycles. The second-order valence-electron chi connectivity index (χ2n) is 6.54. The molecule has 0 spiro atoms. The van der Waals surface area contributed by atoms with Crippen molar-refractivity contribution in [1.82, 2.24) is 15.2 Å². The highest BCUT2D eigenvalue weighted by atomic mass is 35.5. The van der Waals surface area contributed by atoms with Crippen LogP contribution in [0.25, 0.3) is 0 Å². The maximum absolute atomic E-state index is 13.1. The maximum atomic E-state index is 13.1. The van der Waals surface area contributed by atoms with Crippen molar-refractivity contribution in [2.45, 2.75) is 18.4 Å². The molecule has 0 bridgehead atoms. The topological polar surface area (TPSA) is 45.2 Å². The molecule has 4 rings (SSSR count). The molecular formula is C19H20ClN3O. The summed E-state index contributed by atoms with van der Waals surface area (Å²) in [6.07, 6.45) is 4.55. The Labute approximate surface area is 146 Å². The number of nitrogens with zero attached hydrogens (tertiary/aromatic N) is 2. The zero-order chi connectivity index (χ0) is 16.5. The third kappa shape index (κ3) is 3.04. The number of hydrogen-bond acceptors (Lipinski definition) is 3. The Morgan fingerprint density at radius 2 is 2.12 bits per heavy atom. The molecule has 2 heterocycles. The number of nitrogens with one attached hydrogen (secondary N) is 1. The summed E-state index contributed by atoms with van der Waals surface area (Å²) in [5.74, 6) is 0.650. The smallest absolute Gasteiger partial charge is 0.226 e. The van der Waals surface area contributed by atoms with E-state index in [0.717, 1.165) is 36.6 Å². The van der Waals surface area contributed by atoms with Gasteiger partial charge in [-0.25, -0.2) is 0 Å². The Morgan fingerprint density at radius 3 is 2.92 bits per heavy atom. The lowest BCUT2D eigenvalue weighted by molar-refractivity contribution is -0.136. The minimum atomic E-state index is 0.0700. The van der Waals surface area contributed by atoms with Gasteiger partial charge in [0.25, 0.3) is 0 Å². The molecule has 2 aromatic rings. The van der Waals surface area contributed by atoms with Crippen LogP contribution in [0.3, 0.4) is 0 Å². The Morgan fingerprint density at radius 1 is 1.25 bits per heavy atom. The maximum Gasteiger partial charge on any atom is 0.226 e. The van der Waals surface area contributed by atoms with Crippen LogP contribution in [0.4, 0.5) is 0 Å². The molecule has 3 unspecified atom stereocenters. The fourth-order valence-electron chi connectivity index (χ4n) is 3.63. The molecule has 1 aromatic heterocycles. The lowest BCUT2D eigenvalue weighted by Crippen LogP contribution is -2.49. The quantitative estimate of drug-likeness (QED) is 0.933. The van der Waals surface area contributed by atoms with E-state index >= 15 is 0 Å². The van der Waals surface area contributed by atoms with E-state index in [0.29, 0.717) is 5.92 Å². The van der Waals surface area contributed by atoms with Gasteiger partial charge in [0.2, 0.25) is 5.91 Å². The first-order chi connectivity index (χ1) is 11.7. The van der Waals surface area contributed by atoms with Crippen LogP contribution in [0.15, 0.2) is 48.8 Å². The summed E-state index contributed by atoms with van der Waals surface area (Å²) >= 11 is 6.09. The highest BCUT2D eigenvalue weighted by molar-refractivity contribution is 6.30. The van der Waals surface area contributed by atoms with Crippen molar-refractivity contribution in [2.24, 2.45) is 5.92 Å². The van der Waals surface area contributed by atoms with Gasteiger partial charge in [-0.05, 0) is 41.7 Å². The van der Waals surface area contributed by atoms with Gasteiger partial charge >= 0.3 is 0 Å². The Hall–Kier alpha value is -1.91. The van der Waals surface area contributed by atoms with Crippen LogP contribution in [0, 0.1) is 5.92 Å². The third-order valence-corrected chi connectivity index (χ3v) is 5.22. The average Bonchev–Trinajstić information content (AvgIpc) is 3.43. The second-order valence-corrected chi connectivity index (χ2v) is 6.98. The summed E-state index contributed by atoms with van der Waals surface area (Å²) in [7, 11) is 0. The summed E-state index contributed by atoms with van der Waals surface area (Å²) in [5.41, 5.74) is 2.27.